The van der Waals surface area contributed by atoms with Gasteiger partial charge in [0.05, 0.1) is 0 Å². The molecule has 122 valence electrons. The first kappa shape index (κ1) is 15.7. The molecule has 1 amide bonds. The fourth-order valence-electron chi connectivity index (χ4n) is 2.10. The summed E-state index contributed by atoms with van der Waals surface area (Å²) in [5.74, 6) is 1.13. The lowest BCUT2D eigenvalue weighted by Gasteiger charge is -2.06. The number of carbonyl (C=O) groups is 1. The molecular formula is C17H17N5O2. The van der Waals surface area contributed by atoms with Crippen LogP contribution in [0.3, 0.4) is 0 Å². The Morgan fingerprint density at radius 2 is 1.88 bits per heavy atom. The monoisotopic (exact) mass is 323 g/mol. The van der Waals surface area contributed by atoms with Crippen LogP contribution in [0.15, 0.2) is 47.0 Å². The van der Waals surface area contributed by atoms with Gasteiger partial charge in [-0.15, -0.1) is 10.2 Å². The summed E-state index contributed by atoms with van der Waals surface area (Å²) in [6.07, 6.45) is 0.995. The van der Waals surface area contributed by atoms with Crippen molar-refractivity contribution in [2.24, 2.45) is 0 Å². The molecule has 7 heteroatoms. The van der Waals surface area contributed by atoms with Gasteiger partial charge in [0.15, 0.2) is 17.3 Å². The van der Waals surface area contributed by atoms with E-state index in [0.29, 0.717) is 17.4 Å². The number of carbonyl (C=O) groups excluding carboxylic acids is 1. The lowest BCUT2D eigenvalue weighted by molar-refractivity contribution is 0.102. The van der Waals surface area contributed by atoms with Crippen LogP contribution >= 0.6 is 0 Å². The molecule has 2 heterocycles. The van der Waals surface area contributed by atoms with Crippen LogP contribution < -0.4 is 10.6 Å². The van der Waals surface area contributed by atoms with E-state index in [1.54, 1.807) is 25.1 Å². The topological polar surface area (TPSA) is 92.9 Å². The first-order valence-electron chi connectivity index (χ1n) is 7.58. The zero-order valence-electron chi connectivity index (χ0n) is 13.4. The molecule has 0 spiro atoms. The molecule has 7 nitrogen and oxygen atoms in total. The van der Waals surface area contributed by atoms with Gasteiger partial charge in [-0.3, -0.25) is 4.79 Å². The highest BCUT2D eigenvalue weighted by Gasteiger charge is 2.11. The Morgan fingerprint density at radius 1 is 1.08 bits per heavy atom. The van der Waals surface area contributed by atoms with E-state index in [1.165, 1.54) is 5.56 Å². The molecule has 0 fully saturated rings. The van der Waals surface area contributed by atoms with Crippen molar-refractivity contribution in [2.75, 3.05) is 10.6 Å². The van der Waals surface area contributed by atoms with Gasteiger partial charge in [-0.2, -0.15) is 0 Å². The average molecular weight is 323 g/mol. The third-order valence-corrected chi connectivity index (χ3v) is 3.40. The SMILES string of the molecule is CCc1ccc(Nc2ccc(C(=O)Nc3cc(C)on3)nn2)cc1. The molecule has 2 N–H and O–H groups in total. The predicted molar refractivity (Wildman–Crippen MR) is 90.3 cm³/mol. The molecule has 0 aliphatic heterocycles. The fourth-order valence-corrected chi connectivity index (χ4v) is 2.10. The number of aryl methyl sites for hydroxylation is 2. The number of benzene rings is 1. The summed E-state index contributed by atoms with van der Waals surface area (Å²) in [6.45, 7) is 3.86. The number of rotatable bonds is 5. The second kappa shape index (κ2) is 6.91. The van der Waals surface area contributed by atoms with Crippen LogP contribution in [0.5, 0.6) is 0 Å². The van der Waals surface area contributed by atoms with Crippen LogP contribution in [0.25, 0.3) is 0 Å². The van der Waals surface area contributed by atoms with Crippen LogP contribution in [0.4, 0.5) is 17.3 Å². The molecule has 0 atom stereocenters. The predicted octanol–water partition coefficient (Wildman–Crippen LogP) is 3.33. The summed E-state index contributed by atoms with van der Waals surface area (Å²) >= 11 is 0. The van der Waals surface area contributed by atoms with E-state index in [0.717, 1.165) is 12.1 Å². The number of hydrogen-bond acceptors (Lipinski definition) is 6. The number of nitrogens with zero attached hydrogens (tertiary/aromatic N) is 3. The Balaban J connectivity index is 1.64. The minimum Gasteiger partial charge on any atom is -0.360 e. The van der Waals surface area contributed by atoms with Gasteiger partial charge in [-0.05, 0) is 43.2 Å². The van der Waals surface area contributed by atoms with E-state index in [1.807, 2.05) is 12.1 Å². The van der Waals surface area contributed by atoms with Gasteiger partial charge >= 0.3 is 0 Å². The molecule has 1 aromatic carbocycles. The number of aromatic nitrogens is 3. The maximum Gasteiger partial charge on any atom is 0.277 e. The van der Waals surface area contributed by atoms with E-state index >= 15 is 0 Å². The molecule has 2 aromatic heterocycles. The van der Waals surface area contributed by atoms with Gasteiger partial charge in [0.25, 0.3) is 5.91 Å². The fraction of sp³-hybridized carbons (Fsp3) is 0.176. The lowest BCUT2D eigenvalue weighted by Crippen LogP contribution is -2.14. The Morgan fingerprint density at radius 3 is 2.46 bits per heavy atom. The van der Waals surface area contributed by atoms with Gasteiger partial charge in [-0.1, -0.05) is 24.2 Å². The second-order valence-electron chi connectivity index (χ2n) is 5.26. The summed E-state index contributed by atoms with van der Waals surface area (Å²) < 4.78 is 4.89. The zero-order valence-corrected chi connectivity index (χ0v) is 13.4. The minimum atomic E-state index is -0.394. The van der Waals surface area contributed by atoms with Crippen LogP contribution in [0.1, 0.15) is 28.7 Å². The van der Waals surface area contributed by atoms with Gasteiger partial charge in [0.2, 0.25) is 0 Å². The first-order chi connectivity index (χ1) is 11.6. The molecule has 0 saturated carbocycles. The average Bonchev–Trinajstić information content (AvgIpc) is 3.01. The minimum absolute atomic E-state index is 0.197. The number of hydrogen-bond donors (Lipinski definition) is 2. The van der Waals surface area contributed by atoms with E-state index in [9.17, 15) is 4.79 Å². The van der Waals surface area contributed by atoms with E-state index in [-0.39, 0.29) is 5.69 Å². The highest BCUT2D eigenvalue weighted by Crippen LogP contribution is 2.15. The van der Waals surface area contributed by atoms with E-state index < -0.39 is 5.91 Å². The Bertz CT molecular complexity index is 825. The summed E-state index contributed by atoms with van der Waals surface area (Å²) in [6, 6.07) is 13.0. The summed E-state index contributed by atoms with van der Waals surface area (Å²) in [4.78, 5) is 12.0. The van der Waals surface area contributed by atoms with Gasteiger partial charge < -0.3 is 15.2 Å². The molecule has 0 aliphatic rings. The Hall–Kier alpha value is -3.22. The Kier molecular flexibility index (Phi) is 4.51. The number of nitrogens with one attached hydrogen (secondary N) is 2. The lowest BCUT2D eigenvalue weighted by atomic mass is 10.1. The molecule has 0 bridgehead atoms. The van der Waals surface area contributed by atoms with Crippen molar-refractivity contribution in [1.82, 2.24) is 15.4 Å². The molecule has 3 aromatic rings. The number of anilines is 3. The van der Waals surface area contributed by atoms with Crippen molar-refractivity contribution in [3.8, 4) is 0 Å². The second-order valence-corrected chi connectivity index (χ2v) is 5.26. The highest BCUT2D eigenvalue weighted by atomic mass is 16.5. The largest absolute Gasteiger partial charge is 0.360 e. The number of amides is 1. The molecular weight excluding hydrogens is 306 g/mol. The molecule has 24 heavy (non-hydrogen) atoms. The maximum atomic E-state index is 12.0. The van der Waals surface area contributed by atoms with Crippen molar-refractivity contribution < 1.29 is 9.32 Å². The Labute approximate surface area is 139 Å². The van der Waals surface area contributed by atoms with Crippen molar-refractivity contribution in [3.05, 3.63) is 59.5 Å². The third kappa shape index (κ3) is 3.75. The molecule has 3 rings (SSSR count). The van der Waals surface area contributed by atoms with Crippen molar-refractivity contribution >= 4 is 23.2 Å². The quantitative estimate of drug-likeness (QED) is 0.748. The zero-order chi connectivity index (χ0) is 16.9. The normalized spacial score (nSPS) is 10.4. The van der Waals surface area contributed by atoms with Crippen molar-refractivity contribution in [2.45, 2.75) is 20.3 Å². The summed E-state index contributed by atoms with van der Waals surface area (Å²) in [5.41, 5.74) is 2.38. The van der Waals surface area contributed by atoms with E-state index in [4.69, 9.17) is 4.52 Å². The van der Waals surface area contributed by atoms with Crippen LogP contribution in [-0.2, 0) is 6.42 Å². The van der Waals surface area contributed by atoms with Gasteiger partial charge in [-0.25, -0.2) is 0 Å². The molecule has 0 radical (unpaired) electrons. The molecule has 0 saturated heterocycles. The van der Waals surface area contributed by atoms with Gasteiger partial charge in [0.1, 0.15) is 5.76 Å². The smallest absolute Gasteiger partial charge is 0.277 e. The van der Waals surface area contributed by atoms with Crippen LogP contribution in [-0.4, -0.2) is 21.3 Å². The first-order valence-corrected chi connectivity index (χ1v) is 7.58. The van der Waals surface area contributed by atoms with Gasteiger partial charge in [0, 0.05) is 11.8 Å². The third-order valence-electron chi connectivity index (χ3n) is 3.40. The van der Waals surface area contributed by atoms with Crippen LogP contribution in [0, 0.1) is 6.92 Å². The maximum absolute atomic E-state index is 12.0. The standard InChI is InChI=1S/C17H17N5O2/c1-3-12-4-6-13(7-5-12)18-15-9-8-14(20-21-15)17(23)19-16-10-11(2)24-22-16/h4-10H,3H2,1-2H3,(H,18,21)(H,19,22,23). The van der Waals surface area contributed by atoms with Crippen molar-refractivity contribution in [1.29, 1.82) is 0 Å². The van der Waals surface area contributed by atoms with Crippen molar-refractivity contribution in [3.63, 3.8) is 0 Å². The summed E-state index contributed by atoms with van der Waals surface area (Å²) in [7, 11) is 0. The molecule has 0 aliphatic carbocycles. The summed E-state index contributed by atoms with van der Waals surface area (Å²) in [5, 5.41) is 17.4. The van der Waals surface area contributed by atoms with Crippen LogP contribution in [0.2, 0.25) is 0 Å². The van der Waals surface area contributed by atoms with E-state index in [2.05, 4.69) is 45.0 Å². The highest BCUT2D eigenvalue weighted by molar-refractivity contribution is 6.02. The molecule has 0 unspecified atom stereocenters.